The number of rotatable bonds is 5. The van der Waals surface area contributed by atoms with Gasteiger partial charge in [0.2, 0.25) is 0 Å². The van der Waals surface area contributed by atoms with Gasteiger partial charge in [0.1, 0.15) is 5.83 Å². The van der Waals surface area contributed by atoms with Crippen LogP contribution in [-0.4, -0.2) is 5.78 Å². The zero-order valence-corrected chi connectivity index (χ0v) is 12.5. The maximum atomic E-state index is 14.2. The molecular formula is C18H16ClFO. The Hall–Kier alpha value is -1.93. The van der Waals surface area contributed by atoms with E-state index in [1.165, 1.54) is 6.08 Å². The maximum Gasteiger partial charge on any atom is 0.163 e. The molecule has 0 fully saturated rings. The summed E-state index contributed by atoms with van der Waals surface area (Å²) in [4.78, 5) is 12.1. The number of Topliss-reactive ketones (excluding diaryl/α,β-unsaturated/α-hetero) is 1. The van der Waals surface area contributed by atoms with Crippen molar-refractivity contribution in [2.24, 2.45) is 5.92 Å². The van der Waals surface area contributed by atoms with Gasteiger partial charge < -0.3 is 0 Å². The van der Waals surface area contributed by atoms with Crippen LogP contribution < -0.4 is 0 Å². The molecule has 1 nitrogen and oxygen atoms in total. The molecule has 2 rings (SSSR count). The highest BCUT2D eigenvalue weighted by Gasteiger charge is 2.15. The van der Waals surface area contributed by atoms with Crippen molar-refractivity contribution in [1.82, 2.24) is 0 Å². The Morgan fingerprint density at radius 2 is 1.76 bits per heavy atom. The summed E-state index contributed by atoms with van der Waals surface area (Å²) < 4.78 is 14.2. The Kier molecular flexibility index (Phi) is 5.29. The molecule has 2 aromatic rings. The van der Waals surface area contributed by atoms with Crippen molar-refractivity contribution in [3.05, 3.63) is 76.6 Å². The Morgan fingerprint density at radius 3 is 2.43 bits per heavy atom. The number of halogens is 2. The molecule has 0 bridgehead atoms. The Labute approximate surface area is 129 Å². The van der Waals surface area contributed by atoms with Crippen molar-refractivity contribution < 1.29 is 9.18 Å². The summed E-state index contributed by atoms with van der Waals surface area (Å²) in [6.45, 7) is 1.70. The summed E-state index contributed by atoms with van der Waals surface area (Å²) in [5.74, 6) is -0.882. The van der Waals surface area contributed by atoms with Crippen molar-refractivity contribution in [3.63, 3.8) is 0 Å². The summed E-state index contributed by atoms with van der Waals surface area (Å²) in [6.07, 6.45) is 1.53. The molecule has 3 heteroatoms. The van der Waals surface area contributed by atoms with E-state index in [1.54, 1.807) is 55.5 Å². The molecule has 0 saturated heterocycles. The van der Waals surface area contributed by atoms with Gasteiger partial charge in [-0.3, -0.25) is 4.79 Å². The van der Waals surface area contributed by atoms with E-state index in [1.807, 2.05) is 6.07 Å². The van der Waals surface area contributed by atoms with Gasteiger partial charge in [-0.15, -0.1) is 0 Å². The van der Waals surface area contributed by atoms with Gasteiger partial charge in [0.05, 0.1) is 0 Å². The number of carbonyl (C=O) groups excluding carboxylic acids is 1. The SMILES string of the molecule is C[C@@H](CC(=O)c1ccccc1)/C(F)=C\c1ccccc1Cl. The summed E-state index contributed by atoms with van der Waals surface area (Å²) >= 11 is 6.00. The first-order valence-electron chi connectivity index (χ1n) is 6.78. The lowest BCUT2D eigenvalue weighted by molar-refractivity contribution is 0.0966. The van der Waals surface area contributed by atoms with Crippen LogP contribution >= 0.6 is 11.6 Å². The van der Waals surface area contributed by atoms with Crippen LogP contribution in [0.3, 0.4) is 0 Å². The van der Waals surface area contributed by atoms with Crippen molar-refractivity contribution in [2.75, 3.05) is 0 Å². The number of carbonyl (C=O) groups is 1. The maximum absolute atomic E-state index is 14.2. The molecule has 2 aromatic carbocycles. The molecule has 0 saturated carbocycles. The fourth-order valence-corrected chi connectivity index (χ4v) is 2.19. The van der Waals surface area contributed by atoms with Gasteiger partial charge in [-0.05, 0) is 17.7 Å². The zero-order chi connectivity index (χ0) is 15.2. The highest BCUT2D eigenvalue weighted by molar-refractivity contribution is 6.32. The van der Waals surface area contributed by atoms with Gasteiger partial charge in [0, 0.05) is 22.9 Å². The third kappa shape index (κ3) is 4.27. The Balaban J connectivity index is 2.08. The lowest BCUT2D eigenvalue weighted by Gasteiger charge is -2.09. The Morgan fingerprint density at radius 1 is 1.14 bits per heavy atom. The monoisotopic (exact) mass is 302 g/mol. The molecule has 0 aliphatic heterocycles. The summed E-state index contributed by atoms with van der Waals surface area (Å²) in [5.41, 5.74) is 1.23. The lowest BCUT2D eigenvalue weighted by atomic mass is 9.97. The first-order chi connectivity index (χ1) is 10.1. The van der Waals surface area contributed by atoms with E-state index >= 15 is 0 Å². The van der Waals surface area contributed by atoms with Crippen LogP contribution in [0.15, 0.2) is 60.4 Å². The fourth-order valence-electron chi connectivity index (χ4n) is 2.00. The molecule has 0 aromatic heterocycles. The van der Waals surface area contributed by atoms with E-state index in [-0.39, 0.29) is 18.0 Å². The summed E-state index contributed by atoms with van der Waals surface area (Å²) in [6, 6.07) is 16.0. The molecule has 0 unspecified atom stereocenters. The molecule has 0 aliphatic rings. The van der Waals surface area contributed by atoms with Crippen LogP contribution in [0.2, 0.25) is 5.02 Å². The molecule has 0 spiro atoms. The van der Waals surface area contributed by atoms with Crippen molar-refractivity contribution in [1.29, 1.82) is 0 Å². The van der Waals surface area contributed by atoms with E-state index in [0.717, 1.165) is 0 Å². The van der Waals surface area contributed by atoms with Crippen LogP contribution in [0.4, 0.5) is 4.39 Å². The smallest absolute Gasteiger partial charge is 0.163 e. The Bertz CT molecular complexity index is 649. The highest BCUT2D eigenvalue weighted by atomic mass is 35.5. The van der Waals surface area contributed by atoms with E-state index in [0.29, 0.717) is 16.1 Å². The largest absolute Gasteiger partial charge is 0.294 e. The van der Waals surface area contributed by atoms with Gasteiger partial charge in [0.15, 0.2) is 5.78 Å². The summed E-state index contributed by atoms with van der Waals surface area (Å²) in [7, 11) is 0. The number of hydrogen-bond donors (Lipinski definition) is 0. The molecule has 0 aliphatic carbocycles. The average Bonchev–Trinajstić information content (AvgIpc) is 2.50. The van der Waals surface area contributed by atoms with Crippen LogP contribution in [0.1, 0.15) is 29.3 Å². The second-order valence-electron chi connectivity index (χ2n) is 4.95. The predicted molar refractivity (Wildman–Crippen MR) is 85.1 cm³/mol. The second-order valence-corrected chi connectivity index (χ2v) is 5.35. The van der Waals surface area contributed by atoms with Crippen molar-refractivity contribution in [2.45, 2.75) is 13.3 Å². The minimum Gasteiger partial charge on any atom is -0.294 e. The lowest BCUT2D eigenvalue weighted by Crippen LogP contribution is -2.06. The molecule has 0 amide bonds. The van der Waals surface area contributed by atoms with Crippen LogP contribution in [0.25, 0.3) is 6.08 Å². The third-order valence-electron chi connectivity index (χ3n) is 3.26. The zero-order valence-electron chi connectivity index (χ0n) is 11.7. The number of hydrogen-bond acceptors (Lipinski definition) is 1. The number of ketones is 1. The molecule has 21 heavy (non-hydrogen) atoms. The van der Waals surface area contributed by atoms with Gasteiger partial charge in [0.25, 0.3) is 0 Å². The predicted octanol–water partition coefficient (Wildman–Crippen LogP) is 5.56. The van der Waals surface area contributed by atoms with Gasteiger partial charge >= 0.3 is 0 Å². The molecule has 108 valence electrons. The van der Waals surface area contributed by atoms with Crippen LogP contribution in [-0.2, 0) is 0 Å². The quantitative estimate of drug-likeness (QED) is 0.661. The van der Waals surface area contributed by atoms with Gasteiger partial charge in [-0.2, -0.15) is 0 Å². The first kappa shape index (κ1) is 15.5. The van der Waals surface area contributed by atoms with E-state index < -0.39 is 5.92 Å². The topological polar surface area (TPSA) is 17.1 Å². The number of allylic oxidation sites excluding steroid dienone is 1. The van der Waals surface area contributed by atoms with Gasteiger partial charge in [-0.25, -0.2) is 4.39 Å². The van der Waals surface area contributed by atoms with E-state index in [9.17, 15) is 9.18 Å². The highest BCUT2D eigenvalue weighted by Crippen LogP contribution is 2.24. The number of benzene rings is 2. The fraction of sp³-hybridized carbons (Fsp3) is 0.167. The summed E-state index contributed by atoms with van der Waals surface area (Å²) in [5, 5.41) is 0.495. The molecule has 1 atom stereocenters. The minimum atomic E-state index is -0.478. The standard InChI is InChI=1S/C18H16ClFO/c1-13(11-18(21)14-7-3-2-4-8-14)17(20)12-15-9-5-6-10-16(15)19/h2-10,12-13H,11H2,1H3/b17-12+/t13-/m0/s1. The molecule has 0 N–H and O–H groups in total. The van der Waals surface area contributed by atoms with Crippen LogP contribution in [0.5, 0.6) is 0 Å². The first-order valence-corrected chi connectivity index (χ1v) is 7.15. The minimum absolute atomic E-state index is 0.0641. The third-order valence-corrected chi connectivity index (χ3v) is 3.60. The van der Waals surface area contributed by atoms with Crippen molar-refractivity contribution >= 4 is 23.5 Å². The van der Waals surface area contributed by atoms with Crippen molar-refractivity contribution in [3.8, 4) is 0 Å². The normalized spacial score (nSPS) is 13.0. The molecule has 0 radical (unpaired) electrons. The molecule has 0 heterocycles. The van der Waals surface area contributed by atoms with Gasteiger partial charge in [-0.1, -0.05) is 67.1 Å². The average molecular weight is 303 g/mol. The van der Waals surface area contributed by atoms with Crippen LogP contribution in [0, 0.1) is 5.92 Å². The van der Waals surface area contributed by atoms with E-state index in [4.69, 9.17) is 11.6 Å². The van der Waals surface area contributed by atoms with E-state index in [2.05, 4.69) is 0 Å². The molecular weight excluding hydrogens is 287 g/mol. The second kappa shape index (κ2) is 7.19.